The molecule has 0 aromatic heterocycles. The van der Waals surface area contributed by atoms with Gasteiger partial charge in [0.1, 0.15) is 12.4 Å². The molecule has 0 bridgehead atoms. The molecule has 9 nitrogen and oxygen atoms in total. The van der Waals surface area contributed by atoms with Crippen molar-refractivity contribution in [3.8, 4) is 17.2 Å². The van der Waals surface area contributed by atoms with Crippen molar-refractivity contribution in [2.75, 3.05) is 60.7 Å². The van der Waals surface area contributed by atoms with Crippen LogP contribution in [-0.2, 0) is 14.8 Å². The maximum absolute atomic E-state index is 13.1. The van der Waals surface area contributed by atoms with Gasteiger partial charge in [-0.25, -0.2) is 8.42 Å². The molecule has 1 heterocycles. The Bertz CT molecular complexity index is 1080. The second-order valence-corrected chi connectivity index (χ2v) is 9.47. The third kappa shape index (κ3) is 5.58. The summed E-state index contributed by atoms with van der Waals surface area (Å²) < 4.78 is 48.8. The normalized spacial score (nSPS) is 14.7. The molecule has 1 saturated heterocycles. The van der Waals surface area contributed by atoms with E-state index >= 15 is 0 Å². The summed E-state index contributed by atoms with van der Waals surface area (Å²) in [4.78, 5) is 14.8. The number of piperazine rings is 1. The maximum atomic E-state index is 13.1. The van der Waals surface area contributed by atoms with Crippen molar-refractivity contribution < 1.29 is 32.2 Å². The molecular weight excluding hydrogens is 448 g/mol. The van der Waals surface area contributed by atoms with Gasteiger partial charge in [0.2, 0.25) is 10.0 Å². The average molecular weight is 479 g/mol. The van der Waals surface area contributed by atoms with E-state index in [-0.39, 0.29) is 23.9 Å². The lowest BCUT2D eigenvalue weighted by molar-refractivity contribution is 0.0697. The lowest BCUT2D eigenvalue weighted by Gasteiger charge is -2.34. The van der Waals surface area contributed by atoms with Crippen molar-refractivity contribution in [2.45, 2.75) is 11.8 Å². The molecule has 2 aromatic carbocycles. The van der Waals surface area contributed by atoms with Gasteiger partial charge in [-0.1, -0.05) is 0 Å². The number of hydrogen-bond acceptors (Lipinski definition) is 7. The van der Waals surface area contributed by atoms with Crippen molar-refractivity contribution in [1.82, 2.24) is 9.21 Å². The van der Waals surface area contributed by atoms with Crippen molar-refractivity contribution in [3.05, 3.63) is 47.5 Å². The minimum atomic E-state index is -3.68. The first kappa shape index (κ1) is 24.8. The highest BCUT2D eigenvalue weighted by molar-refractivity contribution is 7.89. The van der Waals surface area contributed by atoms with Gasteiger partial charge in [-0.15, -0.1) is 0 Å². The number of rotatable bonds is 9. The molecule has 0 aliphatic carbocycles. The van der Waals surface area contributed by atoms with E-state index in [4.69, 9.17) is 18.9 Å². The van der Waals surface area contributed by atoms with Crippen LogP contribution in [0.15, 0.2) is 41.3 Å². The SMILES string of the molecule is COCCOc1ccc(S(=O)(=O)N2CCN(C(=O)c3ccc(OC)c(OC)c3)CC2)cc1C. The van der Waals surface area contributed by atoms with Gasteiger partial charge in [-0.05, 0) is 48.9 Å². The zero-order valence-corrected chi connectivity index (χ0v) is 20.2. The van der Waals surface area contributed by atoms with Gasteiger partial charge in [-0.2, -0.15) is 4.31 Å². The molecule has 0 spiro atoms. The predicted octanol–water partition coefficient (Wildman–Crippen LogP) is 2.18. The highest BCUT2D eigenvalue weighted by Gasteiger charge is 2.31. The van der Waals surface area contributed by atoms with Gasteiger partial charge in [0.05, 0.1) is 25.7 Å². The number of sulfonamides is 1. The van der Waals surface area contributed by atoms with Gasteiger partial charge in [-0.3, -0.25) is 4.79 Å². The Morgan fingerprint density at radius 1 is 0.879 bits per heavy atom. The zero-order chi connectivity index (χ0) is 24.0. The van der Waals surface area contributed by atoms with Crippen LogP contribution in [0.5, 0.6) is 17.2 Å². The standard InChI is InChI=1S/C23H30N2O7S/c1-17-15-19(6-8-20(17)32-14-13-29-2)33(27,28)25-11-9-24(10-12-25)23(26)18-5-7-21(30-3)22(16-18)31-4/h5-8,15-16H,9-14H2,1-4H3. The predicted molar refractivity (Wildman–Crippen MR) is 123 cm³/mol. The molecule has 0 radical (unpaired) electrons. The van der Waals surface area contributed by atoms with E-state index in [1.165, 1.54) is 18.5 Å². The molecule has 0 saturated carbocycles. The Kier molecular flexibility index (Phi) is 8.17. The number of ether oxygens (including phenoxy) is 4. The molecule has 1 amide bonds. The summed E-state index contributed by atoms with van der Waals surface area (Å²) in [6.07, 6.45) is 0. The van der Waals surface area contributed by atoms with Crippen LogP contribution in [-0.4, -0.2) is 84.3 Å². The molecule has 3 rings (SSSR count). The smallest absolute Gasteiger partial charge is 0.254 e. The topological polar surface area (TPSA) is 94.6 Å². The second kappa shape index (κ2) is 10.9. The molecular formula is C23H30N2O7S. The summed E-state index contributed by atoms with van der Waals surface area (Å²) in [7, 11) is 0.949. The fourth-order valence-electron chi connectivity index (χ4n) is 3.61. The van der Waals surface area contributed by atoms with Crippen molar-refractivity contribution in [2.24, 2.45) is 0 Å². The fourth-order valence-corrected chi connectivity index (χ4v) is 5.12. The molecule has 2 aromatic rings. The molecule has 10 heteroatoms. The zero-order valence-electron chi connectivity index (χ0n) is 19.4. The van der Waals surface area contributed by atoms with Crippen LogP contribution in [0.2, 0.25) is 0 Å². The van der Waals surface area contributed by atoms with Crippen molar-refractivity contribution in [1.29, 1.82) is 0 Å². The van der Waals surface area contributed by atoms with Gasteiger partial charge in [0.15, 0.2) is 11.5 Å². The molecule has 0 atom stereocenters. The Labute approximate surface area is 194 Å². The summed E-state index contributed by atoms with van der Waals surface area (Å²) in [6.45, 7) is 3.67. The third-order valence-corrected chi connectivity index (χ3v) is 7.38. The van der Waals surface area contributed by atoms with Gasteiger partial charge in [0, 0.05) is 38.9 Å². The molecule has 0 N–H and O–H groups in total. The Morgan fingerprint density at radius 2 is 1.55 bits per heavy atom. The molecule has 1 fully saturated rings. The molecule has 1 aliphatic heterocycles. The Hall–Kier alpha value is -2.82. The monoisotopic (exact) mass is 478 g/mol. The van der Waals surface area contributed by atoms with E-state index in [2.05, 4.69) is 0 Å². The van der Waals surface area contributed by atoms with Crippen LogP contribution in [0, 0.1) is 6.92 Å². The van der Waals surface area contributed by atoms with E-state index < -0.39 is 10.0 Å². The highest BCUT2D eigenvalue weighted by Crippen LogP contribution is 2.29. The molecule has 0 unspecified atom stereocenters. The van der Waals surface area contributed by atoms with E-state index in [9.17, 15) is 13.2 Å². The van der Waals surface area contributed by atoms with Crippen LogP contribution in [0.1, 0.15) is 15.9 Å². The summed E-state index contributed by atoms with van der Waals surface area (Å²) in [5, 5.41) is 0. The molecule has 1 aliphatic rings. The van der Waals surface area contributed by atoms with Crippen LogP contribution < -0.4 is 14.2 Å². The van der Waals surface area contributed by atoms with E-state index in [1.807, 2.05) is 0 Å². The lowest BCUT2D eigenvalue weighted by Crippen LogP contribution is -2.50. The average Bonchev–Trinajstić information content (AvgIpc) is 2.84. The van der Waals surface area contributed by atoms with Gasteiger partial charge >= 0.3 is 0 Å². The quantitative estimate of drug-likeness (QED) is 0.510. The number of aryl methyl sites for hydroxylation is 1. The fraction of sp³-hybridized carbons (Fsp3) is 0.435. The molecule has 33 heavy (non-hydrogen) atoms. The van der Waals surface area contributed by atoms with Crippen LogP contribution in [0.4, 0.5) is 0 Å². The minimum Gasteiger partial charge on any atom is -0.493 e. The number of methoxy groups -OCH3 is 3. The van der Waals surface area contributed by atoms with E-state index in [0.717, 1.165) is 5.56 Å². The number of carbonyl (C=O) groups excluding carboxylic acids is 1. The molecule has 180 valence electrons. The number of hydrogen-bond donors (Lipinski definition) is 0. The summed E-state index contributed by atoms with van der Waals surface area (Å²) in [6, 6.07) is 9.80. The third-order valence-electron chi connectivity index (χ3n) is 5.49. The first-order valence-corrected chi connectivity index (χ1v) is 12.0. The van der Waals surface area contributed by atoms with E-state index in [0.29, 0.717) is 49.1 Å². The Morgan fingerprint density at radius 3 is 2.15 bits per heavy atom. The first-order chi connectivity index (χ1) is 15.8. The number of benzene rings is 2. The lowest BCUT2D eigenvalue weighted by atomic mass is 10.1. The highest BCUT2D eigenvalue weighted by atomic mass is 32.2. The number of carbonyl (C=O) groups is 1. The second-order valence-electron chi connectivity index (χ2n) is 7.53. The van der Waals surface area contributed by atoms with Crippen LogP contribution in [0.25, 0.3) is 0 Å². The summed E-state index contributed by atoms with van der Waals surface area (Å²) in [5.74, 6) is 1.45. The largest absolute Gasteiger partial charge is 0.493 e. The van der Waals surface area contributed by atoms with Crippen LogP contribution >= 0.6 is 0 Å². The maximum Gasteiger partial charge on any atom is 0.254 e. The van der Waals surface area contributed by atoms with Gasteiger partial charge in [0.25, 0.3) is 5.91 Å². The number of nitrogens with zero attached hydrogens (tertiary/aromatic N) is 2. The minimum absolute atomic E-state index is 0.179. The summed E-state index contributed by atoms with van der Waals surface area (Å²) >= 11 is 0. The first-order valence-electron chi connectivity index (χ1n) is 10.6. The van der Waals surface area contributed by atoms with Gasteiger partial charge < -0.3 is 23.8 Å². The van der Waals surface area contributed by atoms with Crippen molar-refractivity contribution in [3.63, 3.8) is 0 Å². The Balaban J connectivity index is 1.66. The van der Waals surface area contributed by atoms with Crippen LogP contribution in [0.3, 0.4) is 0 Å². The summed E-state index contributed by atoms with van der Waals surface area (Å²) in [5.41, 5.74) is 1.19. The number of amides is 1. The van der Waals surface area contributed by atoms with Crippen molar-refractivity contribution >= 4 is 15.9 Å². The van der Waals surface area contributed by atoms with E-state index in [1.54, 1.807) is 55.3 Å².